The van der Waals surface area contributed by atoms with Gasteiger partial charge in [-0.2, -0.15) is 0 Å². The zero-order valence-corrected chi connectivity index (χ0v) is 9.07. The van der Waals surface area contributed by atoms with Gasteiger partial charge in [-0.05, 0) is 19.1 Å². The molecule has 1 rings (SSSR count). The number of hydrogen-bond donors (Lipinski definition) is 2. The molecule has 1 aromatic carbocycles. The standard InChI is InChI=1S/C11H15FN2O2/c1-8(13)6-14-11(15)7-16-10-5-3-2-4-9(10)12/h2-5,8H,6-7,13H2,1H3,(H,14,15). The lowest BCUT2D eigenvalue weighted by atomic mass is 10.3. The van der Waals surface area contributed by atoms with Gasteiger partial charge in [0.05, 0.1) is 0 Å². The summed E-state index contributed by atoms with van der Waals surface area (Å²) in [7, 11) is 0. The van der Waals surface area contributed by atoms with Crippen LogP contribution in [0.1, 0.15) is 6.92 Å². The van der Waals surface area contributed by atoms with E-state index in [1.807, 2.05) is 0 Å². The molecule has 16 heavy (non-hydrogen) atoms. The Hall–Kier alpha value is -1.62. The van der Waals surface area contributed by atoms with E-state index < -0.39 is 5.82 Å². The highest BCUT2D eigenvalue weighted by Gasteiger charge is 2.06. The number of carbonyl (C=O) groups is 1. The first kappa shape index (κ1) is 12.4. The molecule has 0 saturated carbocycles. The molecule has 0 aliphatic rings. The summed E-state index contributed by atoms with van der Waals surface area (Å²) in [6.07, 6.45) is 0. The van der Waals surface area contributed by atoms with Gasteiger partial charge in [-0.15, -0.1) is 0 Å². The number of hydrogen-bond acceptors (Lipinski definition) is 3. The number of halogens is 1. The minimum atomic E-state index is -0.484. The molecule has 0 fully saturated rings. The van der Waals surface area contributed by atoms with E-state index >= 15 is 0 Å². The summed E-state index contributed by atoms with van der Waals surface area (Å²) in [5.74, 6) is -0.735. The van der Waals surface area contributed by atoms with E-state index in [0.717, 1.165) is 0 Å². The molecule has 0 aliphatic carbocycles. The number of nitrogens with two attached hydrogens (primary N) is 1. The van der Waals surface area contributed by atoms with Crippen LogP contribution in [-0.2, 0) is 4.79 Å². The van der Waals surface area contributed by atoms with Crippen LogP contribution in [0.5, 0.6) is 5.75 Å². The van der Waals surface area contributed by atoms with Crippen molar-refractivity contribution in [2.45, 2.75) is 13.0 Å². The predicted octanol–water partition coefficient (Wildman–Crippen LogP) is 0.668. The van der Waals surface area contributed by atoms with Crippen LogP contribution >= 0.6 is 0 Å². The highest BCUT2D eigenvalue weighted by Crippen LogP contribution is 2.14. The first-order valence-electron chi connectivity index (χ1n) is 4.99. The van der Waals surface area contributed by atoms with Crippen LogP contribution in [-0.4, -0.2) is 25.1 Å². The monoisotopic (exact) mass is 226 g/mol. The van der Waals surface area contributed by atoms with Crippen LogP contribution < -0.4 is 15.8 Å². The molecule has 1 aromatic rings. The number of amides is 1. The number of ether oxygens (including phenoxy) is 1. The molecule has 0 aromatic heterocycles. The Kier molecular flexibility index (Phi) is 4.72. The van der Waals surface area contributed by atoms with Crippen molar-refractivity contribution in [2.75, 3.05) is 13.2 Å². The molecule has 1 amide bonds. The Labute approximate surface area is 93.6 Å². The number of para-hydroxylation sites is 1. The van der Waals surface area contributed by atoms with Crippen molar-refractivity contribution in [3.05, 3.63) is 30.1 Å². The van der Waals surface area contributed by atoms with Crippen molar-refractivity contribution in [3.63, 3.8) is 0 Å². The first-order chi connectivity index (χ1) is 7.59. The SMILES string of the molecule is CC(N)CNC(=O)COc1ccccc1F. The third-order valence-electron chi connectivity index (χ3n) is 1.82. The van der Waals surface area contributed by atoms with Gasteiger partial charge in [0.25, 0.3) is 5.91 Å². The van der Waals surface area contributed by atoms with Gasteiger partial charge in [0, 0.05) is 12.6 Å². The summed E-state index contributed by atoms with van der Waals surface area (Å²) in [4.78, 5) is 11.2. The highest BCUT2D eigenvalue weighted by atomic mass is 19.1. The Morgan fingerprint density at radius 2 is 2.25 bits per heavy atom. The summed E-state index contributed by atoms with van der Waals surface area (Å²) in [5, 5.41) is 2.56. The molecule has 88 valence electrons. The number of rotatable bonds is 5. The Balaban J connectivity index is 2.35. The quantitative estimate of drug-likeness (QED) is 0.775. The normalized spacial score (nSPS) is 11.9. The van der Waals surface area contributed by atoms with Crippen molar-refractivity contribution >= 4 is 5.91 Å². The molecule has 0 saturated heterocycles. The fraction of sp³-hybridized carbons (Fsp3) is 0.364. The van der Waals surface area contributed by atoms with Crippen LogP contribution in [0.25, 0.3) is 0 Å². The van der Waals surface area contributed by atoms with Crippen molar-refractivity contribution < 1.29 is 13.9 Å². The Bertz CT molecular complexity index is 356. The van der Waals surface area contributed by atoms with E-state index in [2.05, 4.69) is 5.32 Å². The molecular weight excluding hydrogens is 211 g/mol. The minimum Gasteiger partial charge on any atom is -0.481 e. The minimum absolute atomic E-state index is 0.0680. The van der Waals surface area contributed by atoms with E-state index in [0.29, 0.717) is 6.54 Å². The van der Waals surface area contributed by atoms with Gasteiger partial charge >= 0.3 is 0 Å². The second-order valence-electron chi connectivity index (χ2n) is 3.50. The summed E-state index contributed by atoms with van der Waals surface area (Å²) in [6, 6.07) is 5.82. The molecule has 0 radical (unpaired) electrons. The highest BCUT2D eigenvalue weighted by molar-refractivity contribution is 5.77. The van der Waals surface area contributed by atoms with Gasteiger partial charge < -0.3 is 15.8 Å². The van der Waals surface area contributed by atoms with E-state index in [1.54, 1.807) is 19.1 Å². The lowest BCUT2D eigenvalue weighted by Crippen LogP contribution is -2.37. The van der Waals surface area contributed by atoms with Crippen LogP contribution in [0.4, 0.5) is 4.39 Å². The van der Waals surface area contributed by atoms with Gasteiger partial charge in [-0.3, -0.25) is 4.79 Å². The summed E-state index contributed by atoms with van der Waals surface area (Å²) in [6.45, 7) is 1.94. The lowest BCUT2D eigenvalue weighted by Gasteiger charge is -2.09. The van der Waals surface area contributed by atoms with Gasteiger partial charge in [0.2, 0.25) is 0 Å². The first-order valence-corrected chi connectivity index (χ1v) is 4.99. The molecule has 0 aliphatic heterocycles. The number of carbonyl (C=O) groups excluding carboxylic acids is 1. The maximum absolute atomic E-state index is 13.1. The molecular formula is C11H15FN2O2. The number of nitrogens with one attached hydrogen (secondary N) is 1. The van der Waals surface area contributed by atoms with Crippen LogP contribution in [0.15, 0.2) is 24.3 Å². The second kappa shape index (κ2) is 6.07. The average Bonchev–Trinajstić information content (AvgIpc) is 2.25. The van der Waals surface area contributed by atoms with E-state index in [9.17, 15) is 9.18 Å². The average molecular weight is 226 g/mol. The largest absolute Gasteiger partial charge is 0.481 e. The molecule has 0 bridgehead atoms. The molecule has 3 N–H and O–H groups in total. The molecule has 1 unspecified atom stereocenters. The van der Waals surface area contributed by atoms with Crippen LogP contribution in [0, 0.1) is 5.82 Å². The van der Waals surface area contributed by atoms with Gasteiger partial charge in [0.1, 0.15) is 0 Å². The Morgan fingerprint density at radius 1 is 1.56 bits per heavy atom. The van der Waals surface area contributed by atoms with E-state index in [-0.39, 0.29) is 24.3 Å². The van der Waals surface area contributed by atoms with Crippen LogP contribution in [0.3, 0.4) is 0 Å². The lowest BCUT2D eigenvalue weighted by molar-refractivity contribution is -0.123. The summed E-state index contributed by atoms with van der Waals surface area (Å²) in [5.41, 5.74) is 5.46. The summed E-state index contributed by atoms with van der Waals surface area (Å²) < 4.78 is 18.1. The maximum Gasteiger partial charge on any atom is 0.257 e. The maximum atomic E-state index is 13.1. The molecule has 0 spiro atoms. The Morgan fingerprint density at radius 3 is 2.88 bits per heavy atom. The molecule has 1 atom stereocenters. The van der Waals surface area contributed by atoms with E-state index in [1.165, 1.54) is 12.1 Å². The van der Waals surface area contributed by atoms with Crippen LogP contribution in [0.2, 0.25) is 0 Å². The molecule has 5 heteroatoms. The topological polar surface area (TPSA) is 64.3 Å². The zero-order valence-electron chi connectivity index (χ0n) is 9.07. The van der Waals surface area contributed by atoms with Crippen molar-refractivity contribution in [1.82, 2.24) is 5.32 Å². The van der Waals surface area contributed by atoms with Crippen molar-refractivity contribution in [2.24, 2.45) is 5.73 Å². The van der Waals surface area contributed by atoms with Gasteiger partial charge in [0.15, 0.2) is 18.2 Å². The van der Waals surface area contributed by atoms with Crippen molar-refractivity contribution in [1.29, 1.82) is 0 Å². The number of benzene rings is 1. The van der Waals surface area contributed by atoms with Gasteiger partial charge in [-0.1, -0.05) is 12.1 Å². The second-order valence-corrected chi connectivity index (χ2v) is 3.50. The molecule has 4 nitrogen and oxygen atoms in total. The third kappa shape index (κ3) is 4.27. The fourth-order valence-electron chi connectivity index (χ4n) is 1.03. The third-order valence-corrected chi connectivity index (χ3v) is 1.82. The predicted molar refractivity (Wildman–Crippen MR) is 58.6 cm³/mol. The van der Waals surface area contributed by atoms with E-state index in [4.69, 9.17) is 10.5 Å². The molecule has 0 heterocycles. The van der Waals surface area contributed by atoms with Crippen molar-refractivity contribution in [3.8, 4) is 5.75 Å². The fourth-order valence-corrected chi connectivity index (χ4v) is 1.03. The zero-order chi connectivity index (χ0) is 12.0. The summed E-state index contributed by atoms with van der Waals surface area (Å²) >= 11 is 0. The van der Waals surface area contributed by atoms with Gasteiger partial charge in [-0.25, -0.2) is 4.39 Å². The smallest absolute Gasteiger partial charge is 0.257 e.